The molecule has 2 aliphatic rings. The highest BCUT2D eigenvalue weighted by Gasteiger charge is 2.29. The third-order valence-corrected chi connectivity index (χ3v) is 4.59. The third-order valence-electron chi connectivity index (χ3n) is 4.59. The second-order valence-corrected chi connectivity index (χ2v) is 5.95. The maximum atomic E-state index is 5.47. The van der Waals surface area contributed by atoms with Crippen molar-refractivity contribution in [1.29, 1.82) is 0 Å². The molecule has 130 valence electrons. The van der Waals surface area contributed by atoms with Gasteiger partial charge in [0.25, 0.3) is 0 Å². The fourth-order valence-electron chi connectivity index (χ4n) is 3.28. The van der Waals surface area contributed by atoms with Crippen LogP contribution in [0.5, 0.6) is 17.2 Å². The molecule has 0 atom stereocenters. The predicted octanol–water partition coefficient (Wildman–Crippen LogP) is 2.81. The number of hydrazine groups is 2. The van der Waals surface area contributed by atoms with Crippen LogP contribution in [0.25, 0.3) is 5.70 Å². The molecule has 0 amide bonds. The molecule has 25 heavy (non-hydrogen) atoms. The van der Waals surface area contributed by atoms with Crippen molar-refractivity contribution in [2.45, 2.75) is 6.42 Å². The molecule has 6 nitrogen and oxygen atoms in total. The van der Waals surface area contributed by atoms with E-state index in [1.807, 2.05) is 35.3 Å². The Kier molecular flexibility index (Phi) is 3.89. The Bertz CT molecular complexity index is 835. The molecule has 4 rings (SSSR count). The standard InChI is InChI=1S/C19H21N3O3/c1-23-15-6-4-5-14(10-15)22-12-17-16-11-19(25-3)18(24-2)9-13(16)7-8-21(17)20-22/h4-6,9-12,20H,7-8H2,1-3H3. The monoisotopic (exact) mass is 339 g/mol. The maximum absolute atomic E-state index is 5.47. The molecule has 0 fully saturated rings. The van der Waals surface area contributed by atoms with Gasteiger partial charge in [-0.2, -0.15) is 0 Å². The summed E-state index contributed by atoms with van der Waals surface area (Å²) < 4.78 is 16.2. The lowest BCUT2D eigenvalue weighted by atomic mass is 9.97. The van der Waals surface area contributed by atoms with Gasteiger partial charge in [-0.3, -0.25) is 10.0 Å². The number of rotatable bonds is 4. The zero-order valence-corrected chi connectivity index (χ0v) is 14.6. The van der Waals surface area contributed by atoms with Gasteiger partial charge in [-0.25, -0.2) is 0 Å². The average molecular weight is 339 g/mol. The Labute approximate surface area is 147 Å². The van der Waals surface area contributed by atoms with E-state index in [1.54, 1.807) is 21.3 Å². The highest BCUT2D eigenvalue weighted by molar-refractivity contribution is 5.75. The molecule has 0 aromatic heterocycles. The van der Waals surface area contributed by atoms with E-state index in [2.05, 4.69) is 22.8 Å². The summed E-state index contributed by atoms with van der Waals surface area (Å²) in [6, 6.07) is 12.1. The van der Waals surface area contributed by atoms with Gasteiger partial charge in [0, 0.05) is 24.4 Å². The molecule has 0 radical (unpaired) electrons. The summed E-state index contributed by atoms with van der Waals surface area (Å²) in [7, 11) is 5.00. The molecular formula is C19H21N3O3. The first-order valence-electron chi connectivity index (χ1n) is 8.17. The summed E-state index contributed by atoms with van der Waals surface area (Å²) >= 11 is 0. The van der Waals surface area contributed by atoms with E-state index in [0.717, 1.165) is 47.2 Å². The van der Waals surface area contributed by atoms with Crippen LogP contribution in [-0.4, -0.2) is 32.9 Å². The van der Waals surface area contributed by atoms with Gasteiger partial charge in [0.05, 0.1) is 32.7 Å². The molecule has 2 heterocycles. The van der Waals surface area contributed by atoms with Crippen molar-refractivity contribution in [3.05, 3.63) is 53.7 Å². The van der Waals surface area contributed by atoms with Crippen LogP contribution in [0.3, 0.4) is 0 Å². The molecular weight excluding hydrogens is 318 g/mol. The minimum Gasteiger partial charge on any atom is -0.497 e. The van der Waals surface area contributed by atoms with Crippen LogP contribution in [0, 0.1) is 0 Å². The second-order valence-electron chi connectivity index (χ2n) is 5.95. The zero-order valence-electron chi connectivity index (χ0n) is 14.6. The van der Waals surface area contributed by atoms with Gasteiger partial charge in [0.15, 0.2) is 11.5 Å². The van der Waals surface area contributed by atoms with E-state index >= 15 is 0 Å². The topological polar surface area (TPSA) is 46.2 Å². The van der Waals surface area contributed by atoms with Gasteiger partial charge in [-0.1, -0.05) is 6.07 Å². The Balaban J connectivity index is 1.73. The molecule has 0 unspecified atom stereocenters. The summed E-state index contributed by atoms with van der Waals surface area (Å²) in [6.45, 7) is 0.884. The number of nitrogens with zero attached hydrogens (tertiary/aromatic N) is 2. The normalized spacial score (nSPS) is 15.4. The molecule has 2 aliphatic heterocycles. The van der Waals surface area contributed by atoms with Crippen LogP contribution in [0.15, 0.2) is 42.6 Å². The van der Waals surface area contributed by atoms with Gasteiger partial charge in [0.1, 0.15) is 5.75 Å². The van der Waals surface area contributed by atoms with Crippen LogP contribution >= 0.6 is 0 Å². The lowest BCUT2D eigenvalue weighted by molar-refractivity contribution is 0.305. The number of nitrogens with one attached hydrogen (secondary N) is 1. The van der Waals surface area contributed by atoms with Gasteiger partial charge >= 0.3 is 0 Å². The maximum Gasteiger partial charge on any atom is 0.161 e. The largest absolute Gasteiger partial charge is 0.497 e. The average Bonchev–Trinajstić information content (AvgIpc) is 3.11. The van der Waals surface area contributed by atoms with Crippen molar-refractivity contribution >= 4 is 11.4 Å². The van der Waals surface area contributed by atoms with Crippen molar-refractivity contribution in [3.63, 3.8) is 0 Å². The van der Waals surface area contributed by atoms with Gasteiger partial charge < -0.3 is 14.2 Å². The lowest BCUT2D eigenvalue weighted by Gasteiger charge is -2.30. The Morgan fingerprint density at radius 1 is 0.960 bits per heavy atom. The fourth-order valence-corrected chi connectivity index (χ4v) is 3.28. The number of fused-ring (bicyclic) bond motifs is 3. The highest BCUT2D eigenvalue weighted by Crippen LogP contribution is 2.39. The first kappa shape index (κ1) is 15.7. The van der Waals surface area contributed by atoms with Crippen LogP contribution in [-0.2, 0) is 6.42 Å². The van der Waals surface area contributed by atoms with Crippen LogP contribution in [0.1, 0.15) is 11.1 Å². The van der Waals surface area contributed by atoms with Gasteiger partial charge in [-0.05, 0) is 36.2 Å². The van der Waals surface area contributed by atoms with Crippen molar-refractivity contribution < 1.29 is 14.2 Å². The van der Waals surface area contributed by atoms with E-state index in [0.29, 0.717) is 0 Å². The minimum absolute atomic E-state index is 0.740. The van der Waals surface area contributed by atoms with E-state index in [1.165, 1.54) is 5.56 Å². The Morgan fingerprint density at radius 2 is 1.76 bits per heavy atom. The third kappa shape index (κ3) is 2.64. The second kappa shape index (κ2) is 6.22. The molecule has 0 aliphatic carbocycles. The zero-order chi connectivity index (χ0) is 17.4. The first-order valence-corrected chi connectivity index (χ1v) is 8.17. The first-order chi connectivity index (χ1) is 12.2. The number of methoxy groups -OCH3 is 3. The lowest BCUT2D eigenvalue weighted by Crippen LogP contribution is -2.42. The minimum atomic E-state index is 0.740. The summed E-state index contributed by atoms with van der Waals surface area (Å²) in [5.74, 6) is 2.34. The summed E-state index contributed by atoms with van der Waals surface area (Å²) in [5.41, 5.74) is 7.96. The summed E-state index contributed by atoms with van der Waals surface area (Å²) in [4.78, 5) is 0. The molecule has 0 saturated heterocycles. The molecule has 2 aromatic carbocycles. The van der Waals surface area contributed by atoms with Crippen LogP contribution < -0.4 is 24.8 Å². The van der Waals surface area contributed by atoms with Crippen LogP contribution in [0.2, 0.25) is 0 Å². The van der Waals surface area contributed by atoms with Crippen LogP contribution in [0.4, 0.5) is 5.69 Å². The molecule has 0 saturated carbocycles. The number of anilines is 1. The van der Waals surface area contributed by atoms with E-state index in [9.17, 15) is 0 Å². The Hall–Kier alpha value is -2.86. The number of benzene rings is 2. The molecule has 6 heteroatoms. The number of hydrogen-bond acceptors (Lipinski definition) is 6. The molecule has 2 aromatic rings. The van der Waals surface area contributed by atoms with Gasteiger partial charge in [0.2, 0.25) is 0 Å². The van der Waals surface area contributed by atoms with Gasteiger partial charge in [-0.15, -0.1) is 5.53 Å². The Morgan fingerprint density at radius 3 is 2.52 bits per heavy atom. The van der Waals surface area contributed by atoms with Crippen molar-refractivity contribution in [1.82, 2.24) is 10.5 Å². The smallest absolute Gasteiger partial charge is 0.161 e. The quantitative estimate of drug-likeness (QED) is 0.924. The molecule has 1 N–H and O–H groups in total. The molecule has 0 bridgehead atoms. The van der Waals surface area contributed by atoms with Crippen molar-refractivity contribution in [3.8, 4) is 17.2 Å². The van der Waals surface area contributed by atoms with E-state index in [-0.39, 0.29) is 0 Å². The number of hydrogen-bond donors (Lipinski definition) is 1. The van der Waals surface area contributed by atoms with Crippen molar-refractivity contribution in [2.24, 2.45) is 0 Å². The fraction of sp³-hybridized carbons (Fsp3) is 0.263. The molecule has 0 spiro atoms. The summed E-state index contributed by atoms with van der Waals surface area (Å²) in [6.07, 6.45) is 3.03. The SMILES string of the molecule is COc1cccc(N2C=C3c4cc(OC)c(OC)cc4CCN3N2)c1. The van der Waals surface area contributed by atoms with E-state index in [4.69, 9.17) is 14.2 Å². The van der Waals surface area contributed by atoms with E-state index < -0.39 is 0 Å². The summed E-state index contributed by atoms with van der Waals surface area (Å²) in [5, 5.41) is 4.15. The highest BCUT2D eigenvalue weighted by atomic mass is 16.5. The van der Waals surface area contributed by atoms with Crippen molar-refractivity contribution in [2.75, 3.05) is 32.9 Å². The number of ether oxygens (including phenoxy) is 3. The predicted molar refractivity (Wildman–Crippen MR) is 96.5 cm³/mol.